The van der Waals surface area contributed by atoms with Crippen LogP contribution in [0.25, 0.3) is 11.3 Å². The van der Waals surface area contributed by atoms with Crippen molar-refractivity contribution in [1.82, 2.24) is 4.98 Å². The van der Waals surface area contributed by atoms with E-state index < -0.39 is 11.7 Å². The highest BCUT2D eigenvalue weighted by Gasteiger charge is 2.13. The van der Waals surface area contributed by atoms with Crippen LogP contribution in [0.1, 0.15) is 10.4 Å². The first kappa shape index (κ1) is 16.9. The average Bonchev–Trinajstić information content (AvgIpc) is 3.11. The van der Waals surface area contributed by atoms with Gasteiger partial charge in [0.2, 0.25) is 0 Å². The molecule has 0 aliphatic heterocycles. The summed E-state index contributed by atoms with van der Waals surface area (Å²) in [7, 11) is 3.33. The Morgan fingerprint density at radius 3 is 2.76 bits per heavy atom. The van der Waals surface area contributed by atoms with Crippen molar-refractivity contribution >= 4 is 28.1 Å². The summed E-state index contributed by atoms with van der Waals surface area (Å²) in [6, 6.07) is 10.9. The van der Waals surface area contributed by atoms with Gasteiger partial charge in [-0.25, -0.2) is 9.37 Å². The Kier molecular flexibility index (Phi) is 4.95. The number of nitrogens with zero attached hydrogens (tertiary/aromatic N) is 1. The fraction of sp³-hybridized carbons (Fsp3) is 0.111. The van der Waals surface area contributed by atoms with Crippen LogP contribution in [0, 0.1) is 5.82 Å². The maximum Gasteiger partial charge on any atom is 0.255 e. The second-order valence-electron chi connectivity index (χ2n) is 5.17. The number of thiazole rings is 1. The number of anilines is 2. The van der Waals surface area contributed by atoms with Gasteiger partial charge in [0.15, 0.2) is 5.13 Å². The summed E-state index contributed by atoms with van der Waals surface area (Å²) in [6.45, 7) is 0. The minimum absolute atomic E-state index is 0.235. The molecular weight excluding hydrogens is 341 g/mol. The molecule has 0 atom stereocenters. The molecule has 0 bridgehead atoms. The van der Waals surface area contributed by atoms with Gasteiger partial charge in [0.1, 0.15) is 11.6 Å². The number of carbonyl (C=O) groups is 1. The molecule has 1 heterocycles. The molecule has 0 aliphatic carbocycles. The topological polar surface area (TPSA) is 63.3 Å². The van der Waals surface area contributed by atoms with Crippen LogP contribution in [0.5, 0.6) is 5.75 Å². The molecule has 0 spiro atoms. The van der Waals surface area contributed by atoms with E-state index in [0.717, 1.165) is 16.4 Å². The predicted molar refractivity (Wildman–Crippen MR) is 98.0 cm³/mol. The lowest BCUT2D eigenvalue weighted by Crippen LogP contribution is -2.13. The number of benzene rings is 2. The second kappa shape index (κ2) is 7.31. The van der Waals surface area contributed by atoms with E-state index in [9.17, 15) is 9.18 Å². The molecule has 0 fully saturated rings. The standard InChI is InChI=1S/C18H16FN3O2S/c1-20-18-22-15(10-25-18)11-6-7-16(24-2)14(9-11)21-17(23)12-4-3-5-13(19)8-12/h3-10H,1-2H3,(H,20,22)(H,21,23). The van der Waals surface area contributed by atoms with Gasteiger partial charge in [-0.1, -0.05) is 6.07 Å². The SMILES string of the molecule is CNc1nc(-c2ccc(OC)c(NC(=O)c3cccc(F)c3)c2)cs1. The van der Waals surface area contributed by atoms with E-state index in [1.807, 2.05) is 11.4 Å². The lowest BCUT2D eigenvalue weighted by molar-refractivity contribution is 0.102. The summed E-state index contributed by atoms with van der Waals surface area (Å²) in [6.07, 6.45) is 0. The van der Waals surface area contributed by atoms with Gasteiger partial charge in [0, 0.05) is 23.6 Å². The molecule has 0 aliphatic rings. The zero-order chi connectivity index (χ0) is 17.8. The first-order chi connectivity index (χ1) is 12.1. The van der Waals surface area contributed by atoms with Crippen molar-refractivity contribution in [2.75, 3.05) is 24.8 Å². The van der Waals surface area contributed by atoms with Crippen molar-refractivity contribution in [2.45, 2.75) is 0 Å². The van der Waals surface area contributed by atoms with Crippen molar-refractivity contribution < 1.29 is 13.9 Å². The number of rotatable bonds is 5. The van der Waals surface area contributed by atoms with Gasteiger partial charge in [-0.05, 0) is 36.4 Å². The number of ether oxygens (including phenoxy) is 1. The smallest absolute Gasteiger partial charge is 0.255 e. The monoisotopic (exact) mass is 357 g/mol. The highest BCUT2D eigenvalue weighted by atomic mass is 32.1. The van der Waals surface area contributed by atoms with E-state index in [1.165, 1.54) is 36.6 Å². The van der Waals surface area contributed by atoms with E-state index in [2.05, 4.69) is 15.6 Å². The van der Waals surface area contributed by atoms with Crippen molar-refractivity contribution in [3.05, 3.63) is 59.2 Å². The number of aromatic nitrogens is 1. The van der Waals surface area contributed by atoms with Crippen LogP contribution in [0.4, 0.5) is 15.2 Å². The van der Waals surface area contributed by atoms with Crippen LogP contribution in [-0.2, 0) is 0 Å². The van der Waals surface area contributed by atoms with E-state index in [0.29, 0.717) is 11.4 Å². The van der Waals surface area contributed by atoms with Crippen molar-refractivity contribution in [1.29, 1.82) is 0 Å². The zero-order valence-electron chi connectivity index (χ0n) is 13.7. The number of carbonyl (C=O) groups excluding carboxylic acids is 1. The molecular formula is C18H16FN3O2S. The largest absolute Gasteiger partial charge is 0.495 e. The Hall–Kier alpha value is -2.93. The third kappa shape index (κ3) is 3.77. The summed E-state index contributed by atoms with van der Waals surface area (Å²) >= 11 is 1.49. The van der Waals surface area contributed by atoms with Crippen LogP contribution in [0.2, 0.25) is 0 Å². The van der Waals surface area contributed by atoms with Gasteiger partial charge in [-0.15, -0.1) is 11.3 Å². The molecule has 5 nitrogen and oxygen atoms in total. The van der Waals surface area contributed by atoms with Crippen LogP contribution in [0.15, 0.2) is 47.8 Å². The van der Waals surface area contributed by atoms with Crippen LogP contribution in [-0.4, -0.2) is 25.0 Å². The minimum Gasteiger partial charge on any atom is -0.495 e. The maximum absolute atomic E-state index is 13.3. The molecule has 1 amide bonds. The van der Waals surface area contributed by atoms with E-state index >= 15 is 0 Å². The molecule has 1 aromatic heterocycles. The van der Waals surface area contributed by atoms with Gasteiger partial charge in [0.05, 0.1) is 18.5 Å². The zero-order valence-corrected chi connectivity index (χ0v) is 14.5. The molecule has 0 saturated carbocycles. The molecule has 3 aromatic rings. The Balaban J connectivity index is 1.91. The molecule has 0 saturated heterocycles. The molecule has 0 unspecified atom stereocenters. The maximum atomic E-state index is 13.3. The van der Waals surface area contributed by atoms with Crippen molar-refractivity contribution in [3.63, 3.8) is 0 Å². The number of methoxy groups -OCH3 is 1. The van der Waals surface area contributed by atoms with Gasteiger partial charge < -0.3 is 15.4 Å². The van der Waals surface area contributed by atoms with E-state index in [4.69, 9.17) is 4.74 Å². The quantitative estimate of drug-likeness (QED) is 0.716. The minimum atomic E-state index is -0.463. The van der Waals surface area contributed by atoms with Crippen molar-refractivity contribution in [2.24, 2.45) is 0 Å². The van der Waals surface area contributed by atoms with E-state index in [1.54, 1.807) is 25.2 Å². The molecule has 128 valence electrons. The fourth-order valence-corrected chi connectivity index (χ4v) is 2.99. The van der Waals surface area contributed by atoms with Crippen LogP contribution in [0.3, 0.4) is 0 Å². The summed E-state index contributed by atoms with van der Waals surface area (Å²) < 4.78 is 18.6. The summed E-state index contributed by atoms with van der Waals surface area (Å²) in [4.78, 5) is 16.8. The molecule has 2 N–H and O–H groups in total. The molecule has 0 radical (unpaired) electrons. The van der Waals surface area contributed by atoms with Crippen molar-refractivity contribution in [3.8, 4) is 17.0 Å². The fourth-order valence-electron chi connectivity index (χ4n) is 2.31. The Labute approximate surface area is 148 Å². The summed E-state index contributed by atoms with van der Waals surface area (Å²) in [5.41, 5.74) is 2.36. The Morgan fingerprint density at radius 2 is 2.08 bits per heavy atom. The molecule has 3 rings (SSSR count). The van der Waals surface area contributed by atoms with E-state index in [-0.39, 0.29) is 5.56 Å². The molecule has 7 heteroatoms. The second-order valence-corrected chi connectivity index (χ2v) is 6.03. The lowest BCUT2D eigenvalue weighted by Gasteiger charge is -2.11. The highest BCUT2D eigenvalue weighted by Crippen LogP contribution is 2.32. The van der Waals surface area contributed by atoms with Crippen LogP contribution < -0.4 is 15.4 Å². The number of nitrogens with one attached hydrogen (secondary N) is 2. The Morgan fingerprint density at radius 1 is 1.24 bits per heavy atom. The Bertz CT molecular complexity index is 911. The number of hydrogen-bond acceptors (Lipinski definition) is 5. The predicted octanol–water partition coefficient (Wildman–Crippen LogP) is 4.25. The summed E-state index contributed by atoms with van der Waals surface area (Å²) in [5.74, 6) is -0.364. The highest BCUT2D eigenvalue weighted by molar-refractivity contribution is 7.14. The number of hydrogen-bond donors (Lipinski definition) is 2. The van der Waals surface area contributed by atoms with Gasteiger partial charge in [-0.2, -0.15) is 0 Å². The van der Waals surface area contributed by atoms with Gasteiger partial charge in [0.25, 0.3) is 5.91 Å². The number of amides is 1. The molecule has 2 aromatic carbocycles. The molecule has 25 heavy (non-hydrogen) atoms. The van der Waals surface area contributed by atoms with Gasteiger partial charge in [-0.3, -0.25) is 4.79 Å². The van der Waals surface area contributed by atoms with Crippen LogP contribution >= 0.6 is 11.3 Å². The average molecular weight is 357 g/mol. The summed E-state index contributed by atoms with van der Waals surface area (Å²) in [5, 5.41) is 8.48. The lowest BCUT2D eigenvalue weighted by atomic mass is 10.1. The third-order valence-electron chi connectivity index (χ3n) is 3.55. The number of halogens is 1. The first-order valence-corrected chi connectivity index (χ1v) is 8.37. The first-order valence-electron chi connectivity index (χ1n) is 7.49. The normalized spacial score (nSPS) is 10.4. The van der Waals surface area contributed by atoms with Gasteiger partial charge >= 0.3 is 0 Å². The third-order valence-corrected chi connectivity index (χ3v) is 4.41.